The number of carbonyl (C=O) groups excluding carboxylic acids is 2. The Labute approximate surface area is 104 Å². The number of amides is 1. The Kier molecular flexibility index (Phi) is 6.72. The molecule has 0 aliphatic carbocycles. The van der Waals surface area contributed by atoms with Crippen molar-refractivity contribution in [3.63, 3.8) is 0 Å². The summed E-state index contributed by atoms with van der Waals surface area (Å²) < 4.78 is 40.2. The van der Waals surface area contributed by atoms with E-state index in [-0.39, 0.29) is 5.92 Å². The quantitative estimate of drug-likeness (QED) is 0.751. The molecule has 0 aromatic heterocycles. The predicted molar refractivity (Wildman–Crippen MR) is 58.7 cm³/mol. The molecule has 1 N–H and O–H groups in total. The molecule has 0 aliphatic heterocycles. The molecule has 4 nitrogen and oxygen atoms in total. The number of rotatable bonds is 6. The van der Waals surface area contributed by atoms with Crippen molar-refractivity contribution in [3.8, 4) is 0 Å². The molecule has 0 fully saturated rings. The van der Waals surface area contributed by atoms with Crippen LogP contribution in [0.5, 0.6) is 0 Å². The van der Waals surface area contributed by atoms with Crippen LogP contribution in [0, 0.1) is 5.92 Å². The van der Waals surface area contributed by atoms with Crippen LogP contribution in [-0.2, 0) is 14.3 Å². The highest BCUT2D eigenvalue weighted by Gasteiger charge is 2.29. The molecule has 106 valence electrons. The van der Waals surface area contributed by atoms with Gasteiger partial charge in [0.25, 0.3) is 0 Å². The first-order valence-electron chi connectivity index (χ1n) is 5.59. The van der Waals surface area contributed by atoms with Gasteiger partial charge in [0.15, 0.2) is 0 Å². The van der Waals surface area contributed by atoms with Crippen LogP contribution in [0.3, 0.4) is 0 Å². The van der Waals surface area contributed by atoms with Crippen molar-refractivity contribution in [2.24, 2.45) is 5.92 Å². The molecule has 0 saturated heterocycles. The second kappa shape index (κ2) is 7.23. The Hall–Kier alpha value is -1.27. The second-order valence-electron chi connectivity index (χ2n) is 4.39. The zero-order valence-corrected chi connectivity index (χ0v) is 10.6. The van der Waals surface area contributed by atoms with Gasteiger partial charge in [0, 0.05) is 6.42 Å². The van der Waals surface area contributed by atoms with Crippen LogP contribution in [0.2, 0.25) is 0 Å². The van der Waals surface area contributed by atoms with Crippen molar-refractivity contribution in [2.45, 2.75) is 45.3 Å². The maximum Gasteiger partial charge on any atom is 0.389 e. The molecule has 0 bridgehead atoms. The number of nitrogens with one attached hydrogen (secondary N) is 1. The molecule has 0 spiro atoms. The summed E-state index contributed by atoms with van der Waals surface area (Å²) in [5.41, 5.74) is 0. The number of ether oxygens (including phenoxy) is 1. The number of methoxy groups -OCH3 is 1. The fourth-order valence-electron chi connectivity index (χ4n) is 1.35. The lowest BCUT2D eigenvalue weighted by Gasteiger charge is -2.18. The monoisotopic (exact) mass is 269 g/mol. The SMILES string of the molecule is COC(=O)[C@@H](CC(C)C)NC(=O)CCC(F)(F)F. The number of carbonyl (C=O) groups is 2. The van der Waals surface area contributed by atoms with Crippen molar-refractivity contribution >= 4 is 11.9 Å². The predicted octanol–water partition coefficient (Wildman–Crippen LogP) is 2.03. The number of halogens is 3. The number of alkyl halides is 3. The third kappa shape index (κ3) is 7.92. The topological polar surface area (TPSA) is 55.4 Å². The Morgan fingerprint density at radius 3 is 2.22 bits per heavy atom. The van der Waals surface area contributed by atoms with E-state index in [4.69, 9.17) is 0 Å². The zero-order chi connectivity index (χ0) is 14.3. The molecule has 7 heteroatoms. The number of hydrogen-bond acceptors (Lipinski definition) is 3. The van der Waals surface area contributed by atoms with Gasteiger partial charge >= 0.3 is 12.1 Å². The van der Waals surface area contributed by atoms with Gasteiger partial charge in [-0.25, -0.2) is 4.79 Å². The maximum atomic E-state index is 11.9. The van der Waals surface area contributed by atoms with Crippen molar-refractivity contribution in [1.82, 2.24) is 5.32 Å². The number of esters is 1. The molecule has 0 aromatic carbocycles. The van der Waals surface area contributed by atoms with E-state index in [9.17, 15) is 22.8 Å². The van der Waals surface area contributed by atoms with Crippen molar-refractivity contribution in [2.75, 3.05) is 7.11 Å². The third-order valence-corrected chi connectivity index (χ3v) is 2.16. The highest BCUT2D eigenvalue weighted by molar-refractivity contribution is 5.84. The average Bonchev–Trinajstić information content (AvgIpc) is 2.22. The summed E-state index contributed by atoms with van der Waals surface area (Å²) in [5.74, 6) is -1.34. The minimum absolute atomic E-state index is 0.108. The summed E-state index contributed by atoms with van der Waals surface area (Å²) in [4.78, 5) is 22.6. The van der Waals surface area contributed by atoms with Gasteiger partial charge < -0.3 is 10.1 Å². The molecule has 0 rings (SSSR count). The molecule has 1 atom stereocenters. The largest absolute Gasteiger partial charge is 0.467 e. The van der Waals surface area contributed by atoms with Crippen molar-refractivity contribution in [3.05, 3.63) is 0 Å². The molecule has 18 heavy (non-hydrogen) atoms. The minimum Gasteiger partial charge on any atom is -0.467 e. The van der Waals surface area contributed by atoms with Crippen LogP contribution in [0.4, 0.5) is 13.2 Å². The van der Waals surface area contributed by atoms with Crippen LogP contribution in [-0.4, -0.2) is 31.2 Å². The lowest BCUT2D eigenvalue weighted by atomic mass is 10.0. The van der Waals surface area contributed by atoms with Gasteiger partial charge in [0.05, 0.1) is 13.5 Å². The van der Waals surface area contributed by atoms with Crippen molar-refractivity contribution in [1.29, 1.82) is 0 Å². The van der Waals surface area contributed by atoms with Gasteiger partial charge in [0.1, 0.15) is 6.04 Å². The minimum atomic E-state index is -4.38. The Balaban J connectivity index is 4.31. The molecule has 0 aromatic rings. The van der Waals surface area contributed by atoms with Gasteiger partial charge in [-0.15, -0.1) is 0 Å². The maximum absolute atomic E-state index is 11.9. The summed E-state index contributed by atoms with van der Waals surface area (Å²) in [7, 11) is 1.16. The van der Waals surface area contributed by atoms with Gasteiger partial charge in [-0.3, -0.25) is 4.79 Å². The Morgan fingerprint density at radius 2 is 1.83 bits per heavy atom. The van der Waals surface area contributed by atoms with Gasteiger partial charge in [-0.1, -0.05) is 13.8 Å². The van der Waals surface area contributed by atoms with Crippen LogP contribution < -0.4 is 5.32 Å². The second-order valence-corrected chi connectivity index (χ2v) is 4.39. The Bertz CT molecular complexity index is 290. The normalized spacial score (nSPS) is 13.3. The first kappa shape index (κ1) is 16.7. The summed E-state index contributed by atoms with van der Waals surface area (Å²) in [6.45, 7) is 3.66. The highest BCUT2D eigenvalue weighted by atomic mass is 19.4. The fraction of sp³-hybridized carbons (Fsp3) is 0.818. The first-order chi connectivity index (χ1) is 8.15. The van der Waals surface area contributed by atoms with Crippen LogP contribution in [0.25, 0.3) is 0 Å². The fourth-order valence-corrected chi connectivity index (χ4v) is 1.35. The van der Waals surface area contributed by atoms with Crippen molar-refractivity contribution < 1.29 is 27.5 Å². The van der Waals surface area contributed by atoms with E-state index >= 15 is 0 Å². The van der Waals surface area contributed by atoms with Gasteiger partial charge in [0.2, 0.25) is 5.91 Å². The van der Waals surface area contributed by atoms with Crippen LogP contribution >= 0.6 is 0 Å². The van der Waals surface area contributed by atoms with E-state index < -0.39 is 36.9 Å². The Morgan fingerprint density at radius 1 is 1.28 bits per heavy atom. The van der Waals surface area contributed by atoms with E-state index in [1.165, 1.54) is 0 Å². The number of hydrogen-bond donors (Lipinski definition) is 1. The van der Waals surface area contributed by atoms with E-state index in [1.807, 2.05) is 13.8 Å². The molecule has 0 aliphatic rings. The molecule has 0 saturated carbocycles. The van der Waals surface area contributed by atoms with E-state index in [0.29, 0.717) is 6.42 Å². The van der Waals surface area contributed by atoms with E-state index in [1.54, 1.807) is 0 Å². The molecule has 1 amide bonds. The molecule has 0 radical (unpaired) electrons. The average molecular weight is 269 g/mol. The van der Waals surface area contributed by atoms with E-state index in [2.05, 4.69) is 10.1 Å². The molecular formula is C11H18F3NO3. The summed E-state index contributed by atoms with van der Waals surface area (Å²) in [6, 6.07) is -0.893. The standard InChI is InChI=1S/C11H18F3NO3/c1-7(2)6-8(10(17)18-3)15-9(16)4-5-11(12,13)14/h7-8H,4-6H2,1-3H3,(H,15,16)/t8-/m1/s1. The lowest BCUT2D eigenvalue weighted by molar-refractivity contribution is -0.148. The molecule has 0 unspecified atom stereocenters. The smallest absolute Gasteiger partial charge is 0.389 e. The molecule has 0 heterocycles. The molecular weight excluding hydrogens is 251 g/mol. The van der Waals surface area contributed by atoms with E-state index in [0.717, 1.165) is 7.11 Å². The zero-order valence-electron chi connectivity index (χ0n) is 10.6. The van der Waals surface area contributed by atoms with Crippen LogP contribution in [0.15, 0.2) is 0 Å². The van der Waals surface area contributed by atoms with Gasteiger partial charge in [-0.05, 0) is 12.3 Å². The lowest BCUT2D eigenvalue weighted by Crippen LogP contribution is -2.42. The van der Waals surface area contributed by atoms with Gasteiger partial charge in [-0.2, -0.15) is 13.2 Å². The summed E-state index contributed by atoms with van der Waals surface area (Å²) >= 11 is 0. The first-order valence-corrected chi connectivity index (χ1v) is 5.59. The highest BCUT2D eigenvalue weighted by Crippen LogP contribution is 2.21. The summed E-state index contributed by atoms with van der Waals surface area (Å²) in [6.07, 6.45) is -5.94. The third-order valence-electron chi connectivity index (χ3n) is 2.16. The summed E-state index contributed by atoms with van der Waals surface area (Å²) in [5, 5.41) is 2.26. The van der Waals surface area contributed by atoms with Crippen LogP contribution in [0.1, 0.15) is 33.1 Å².